The lowest BCUT2D eigenvalue weighted by atomic mass is 10.1. The molecule has 0 saturated carbocycles. The van der Waals surface area contributed by atoms with Gasteiger partial charge in [-0.1, -0.05) is 6.42 Å². The van der Waals surface area contributed by atoms with Gasteiger partial charge in [0.15, 0.2) is 0 Å². The number of piperidine rings is 1. The molecular formula is C14H24N4O. The van der Waals surface area contributed by atoms with Gasteiger partial charge in [-0.05, 0) is 39.8 Å². The maximum absolute atomic E-state index is 5.38. The first-order chi connectivity index (χ1) is 9.28. The molecule has 5 nitrogen and oxygen atoms in total. The van der Waals surface area contributed by atoms with Gasteiger partial charge in [-0.25, -0.2) is 9.97 Å². The Bertz CT molecular complexity index is 379. The third-order valence-electron chi connectivity index (χ3n) is 3.31. The molecule has 1 fully saturated rings. The smallest absolute Gasteiger partial charge is 0.218 e. The van der Waals surface area contributed by atoms with E-state index in [4.69, 9.17) is 4.74 Å². The van der Waals surface area contributed by atoms with Crippen molar-refractivity contribution in [2.24, 2.45) is 0 Å². The lowest BCUT2D eigenvalue weighted by Crippen LogP contribution is -2.38. The van der Waals surface area contributed by atoms with Crippen LogP contribution in [0.1, 0.15) is 33.1 Å². The Labute approximate surface area is 115 Å². The van der Waals surface area contributed by atoms with E-state index in [1.807, 2.05) is 13.0 Å². The maximum Gasteiger partial charge on any atom is 0.218 e. The molecule has 0 aliphatic carbocycles. The summed E-state index contributed by atoms with van der Waals surface area (Å²) in [5, 5.41) is 3.42. The van der Waals surface area contributed by atoms with Gasteiger partial charge in [0.2, 0.25) is 5.88 Å². The lowest BCUT2D eigenvalue weighted by molar-refractivity contribution is 0.223. The van der Waals surface area contributed by atoms with Crippen molar-refractivity contribution in [1.29, 1.82) is 0 Å². The minimum atomic E-state index is 0.377. The number of ether oxygens (including phenoxy) is 1. The molecule has 1 aliphatic heterocycles. The van der Waals surface area contributed by atoms with Crippen molar-refractivity contribution in [3.8, 4) is 5.88 Å². The number of nitrogens with zero attached hydrogens (tertiary/aromatic N) is 3. The standard InChI is InChI=1S/C14H24N4O/c1-3-19-14-9-13(15-11-16-14)17-12(2)10-18-7-5-4-6-8-18/h9,11-12H,3-8,10H2,1-2H3,(H,15,16,17). The van der Waals surface area contributed by atoms with Gasteiger partial charge in [-0.2, -0.15) is 0 Å². The van der Waals surface area contributed by atoms with Gasteiger partial charge in [-0.15, -0.1) is 0 Å². The molecule has 0 bridgehead atoms. The summed E-state index contributed by atoms with van der Waals surface area (Å²) in [4.78, 5) is 10.8. The third kappa shape index (κ3) is 4.67. The molecule has 1 N–H and O–H groups in total. The van der Waals surface area contributed by atoms with E-state index in [2.05, 4.69) is 27.1 Å². The maximum atomic E-state index is 5.38. The van der Waals surface area contributed by atoms with E-state index in [-0.39, 0.29) is 0 Å². The Morgan fingerprint density at radius 2 is 2.11 bits per heavy atom. The van der Waals surface area contributed by atoms with Crippen LogP contribution in [0.2, 0.25) is 0 Å². The highest BCUT2D eigenvalue weighted by molar-refractivity contribution is 5.38. The zero-order valence-electron chi connectivity index (χ0n) is 11.9. The summed E-state index contributed by atoms with van der Waals surface area (Å²) in [6, 6.07) is 2.23. The summed E-state index contributed by atoms with van der Waals surface area (Å²) in [5.41, 5.74) is 0. The van der Waals surface area contributed by atoms with Gasteiger partial charge in [0, 0.05) is 18.7 Å². The van der Waals surface area contributed by atoms with Crippen LogP contribution in [0.15, 0.2) is 12.4 Å². The van der Waals surface area contributed by atoms with E-state index in [1.165, 1.54) is 32.4 Å². The monoisotopic (exact) mass is 264 g/mol. The number of likely N-dealkylation sites (tertiary alicyclic amines) is 1. The predicted octanol–water partition coefficient (Wildman–Crippen LogP) is 2.16. The molecule has 1 saturated heterocycles. The minimum Gasteiger partial charge on any atom is -0.478 e. The van der Waals surface area contributed by atoms with Crippen molar-refractivity contribution in [1.82, 2.24) is 14.9 Å². The third-order valence-corrected chi connectivity index (χ3v) is 3.31. The Balaban J connectivity index is 1.83. The van der Waals surface area contributed by atoms with E-state index < -0.39 is 0 Å². The summed E-state index contributed by atoms with van der Waals surface area (Å²) in [6.45, 7) is 8.28. The van der Waals surface area contributed by atoms with Crippen molar-refractivity contribution in [2.75, 3.05) is 31.6 Å². The molecule has 0 radical (unpaired) electrons. The topological polar surface area (TPSA) is 50.3 Å². The summed E-state index contributed by atoms with van der Waals surface area (Å²) < 4.78 is 5.38. The van der Waals surface area contributed by atoms with Crippen LogP contribution < -0.4 is 10.1 Å². The first-order valence-corrected chi connectivity index (χ1v) is 7.21. The van der Waals surface area contributed by atoms with Crippen molar-refractivity contribution < 1.29 is 4.74 Å². The molecule has 1 atom stereocenters. The number of rotatable bonds is 6. The molecule has 19 heavy (non-hydrogen) atoms. The first kappa shape index (κ1) is 14.1. The van der Waals surface area contributed by atoms with Gasteiger partial charge < -0.3 is 15.0 Å². The molecule has 1 aliphatic rings. The zero-order chi connectivity index (χ0) is 13.5. The van der Waals surface area contributed by atoms with Crippen molar-refractivity contribution in [3.05, 3.63) is 12.4 Å². The van der Waals surface area contributed by atoms with Crippen molar-refractivity contribution in [2.45, 2.75) is 39.2 Å². The van der Waals surface area contributed by atoms with Gasteiger partial charge in [0.25, 0.3) is 0 Å². The normalized spacial score (nSPS) is 18.0. The lowest BCUT2D eigenvalue weighted by Gasteiger charge is -2.29. The fourth-order valence-corrected chi connectivity index (χ4v) is 2.47. The summed E-state index contributed by atoms with van der Waals surface area (Å²) in [6.07, 6.45) is 5.58. The van der Waals surface area contributed by atoms with Crippen LogP contribution in [0.3, 0.4) is 0 Å². The quantitative estimate of drug-likeness (QED) is 0.853. The van der Waals surface area contributed by atoms with E-state index in [0.29, 0.717) is 18.5 Å². The molecule has 1 unspecified atom stereocenters. The van der Waals surface area contributed by atoms with Crippen LogP contribution in [0.4, 0.5) is 5.82 Å². The highest BCUT2D eigenvalue weighted by atomic mass is 16.5. The second kappa shape index (κ2) is 7.28. The highest BCUT2D eigenvalue weighted by Crippen LogP contribution is 2.13. The van der Waals surface area contributed by atoms with Crippen LogP contribution in [-0.4, -0.2) is 47.2 Å². The minimum absolute atomic E-state index is 0.377. The Hall–Kier alpha value is -1.36. The zero-order valence-corrected chi connectivity index (χ0v) is 11.9. The molecule has 2 heterocycles. The van der Waals surface area contributed by atoms with Gasteiger partial charge >= 0.3 is 0 Å². The van der Waals surface area contributed by atoms with E-state index in [1.54, 1.807) is 6.33 Å². The number of hydrogen-bond donors (Lipinski definition) is 1. The number of hydrogen-bond acceptors (Lipinski definition) is 5. The Kier molecular flexibility index (Phi) is 5.39. The molecule has 0 aromatic carbocycles. The molecular weight excluding hydrogens is 240 g/mol. The summed E-state index contributed by atoms with van der Waals surface area (Å²) in [5.74, 6) is 1.47. The molecule has 0 amide bonds. The van der Waals surface area contributed by atoms with Crippen molar-refractivity contribution >= 4 is 5.82 Å². The van der Waals surface area contributed by atoms with E-state index >= 15 is 0 Å². The molecule has 106 valence electrons. The molecule has 5 heteroatoms. The Morgan fingerprint density at radius 3 is 2.84 bits per heavy atom. The fraction of sp³-hybridized carbons (Fsp3) is 0.714. The second-order valence-electron chi connectivity index (χ2n) is 5.08. The summed E-state index contributed by atoms with van der Waals surface area (Å²) in [7, 11) is 0. The molecule has 1 aromatic rings. The van der Waals surface area contributed by atoms with E-state index in [0.717, 1.165) is 12.4 Å². The largest absolute Gasteiger partial charge is 0.478 e. The second-order valence-corrected chi connectivity index (χ2v) is 5.08. The predicted molar refractivity (Wildman–Crippen MR) is 76.6 cm³/mol. The van der Waals surface area contributed by atoms with Gasteiger partial charge in [0.05, 0.1) is 6.61 Å². The Morgan fingerprint density at radius 1 is 1.32 bits per heavy atom. The van der Waals surface area contributed by atoms with Crippen LogP contribution in [0.5, 0.6) is 5.88 Å². The van der Waals surface area contributed by atoms with Crippen LogP contribution in [-0.2, 0) is 0 Å². The highest BCUT2D eigenvalue weighted by Gasteiger charge is 2.13. The number of anilines is 1. The average Bonchev–Trinajstić information content (AvgIpc) is 2.40. The van der Waals surface area contributed by atoms with Crippen LogP contribution in [0.25, 0.3) is 0 Å². The molecule has 1 aromatic heterocycles. The van der Waals surface area contributed by atoms with Crippen LogP contribution in [0, 0.1) is 0 Å². The molecule has 2 rings (SSSR count). The van der Waals surface area contributed by atoms with Gasteiger partial charge in [0.1, 0.15) is 12.1 Å². The fourth-order valence-electron chi connectivity index (χ4n) is 2.47. The SMILES string of the molecule is CCOc1cc(NC(C)CN2CCCCC2)ncn1. The van der Waals surface area contributed by atoms with Gasteiger partial charge in [-0.3, -0.25) is 0 Å². The van der Waals surface area contributed by atoms with E-state index in [9.17, 15) is 0 Å². The first-order valence-electron chi connectivity index (χ1n) is 7.21. The average molecular weight is 264 g/mol. The number of nitrogens with one attached hydrogen (secondary N) is 1. The number of aromatic nitrogens is 2. The van der Waals surface area contributed by atoms with Crippen LogP contribution >= 0.6 is 0 Å². The summed E-state index contributed by atoms with van der Waals surface area (Å²) >= 11 is 0. The molecule has 0 spiro atoms. The van der Waals surface area contributed by atoms with Crippen molar-refractivity contribution in [3.63, 3.8) is 0 Å².